The largest absolute Gasteiger partial charge is 0.377 e. The Morgan fingerprint density at radius 2 is 0.761 bits per heavy atom. The van der Waals surface area contributed by atoms with Crippen LogP contribution in [0, 0.1) is 12.7 Å². The summed E-state index contributed by atoms with van der Waals surface area (Å²) >= 11 is 0. The summed E-state index contributed by atoms with van der Waals surface area (Å²) in [7, 11) is 3.02. The van der Waals surface area contributed by atoms with Crippen molar-refractivity contribution in [3.63, 3.8) is 0 Å². The number of likely N-dealkylation sites (N-methyl/N-ethyl adjacent to an activating group) is 2. The van der Waals surface area contributed by atoms with Crippen LogP contribution in [0.15, 0.2) is 158 Å². The molecule has 0 aliphatic carbocycles. The van der Waals surface area contributed by atoms with E-state index in [1.807, 2.05) is 126 Å². The number of likely N-dealkylation sites (tertiary alicyclic amines) is 2. The summed E-state index contributed by atoms with van der Waals surface area (Å²) in [6.45, 7) is 11.8. The smallest absolute Gasteiger partial charge is 0.250 e. The molecule has 27 nitrogen and oxygen atoms in total. The number of ether oxygens (including phenoxy) is 5. The number of nitrogens with one attached hydrogen (secondary N) is 4. The van der Waals surface area contributed by atoms with E-state index in [2.05, 4.69) is 53.0 Å². The molecule has 4 heterocycles. The fraction of sp³-hybridized carbons (Fsp3) is 0.483. The van der Waals surface area contributed by atoms with E-state index >= 15 is 0 Å². The molecule has 0 bridgehead atoms. The maximum Gasteiger partial charge on any atom is 0.250 e. The van der Waals surface area contributed by atoms with Crippen molar-refractivity contribution in [3.05, 3.63) is 191 Å². The molecule has 0 atom stereocenters. The van der Waals surface area contributed by atoms with Crippen molar-refractivity contribution in [3.8, 4) is 0 Å². The highest BCUT2D eigenvalue weighted by molar-refractivity contribution is 5.98. The van der Waals surface area contributed by atoms with E-state index in [1.54, 1.807) is 12.1 Å². The predicted octanol–water partition coefficient (Wildman–Crippen LogP) is 8.20. The highest BCUT2D eigenvalue weighted by Crippen LogP contribution is 2.42. The number of carbonyl (C=O) groups is 10. The topological polar surface area (TPSA) is 291 Å². The van der Waals surface area contributed by atoms with Gasteiger partial charge in [0.15, 0.2) is 11.6 Å². The first-order valence-electron chi connectivity index (χ1n) is 41.0. The predicted molar refractivity (Wildman–Crippen MR) is 444 cm³/mol. The third-order valence-electron chi connectivity index (χ3n) is 22.0. The maximum absolute atomic E-state index is 14.4. The van der Waals surface area contributed by atoms with Gasteiger partial charge in [0.05, 0.1) is 92.5 Å². The number of hydrogen-bond donors (Lipinski definition) is 4. The molecule has 0 saturated carbocycles. The number of Topliss-reactive ketones (excluding diaryl/α,β-unsaturated/α-hetero) is 2. The number of amides is 8. The monoisotopic (exact) mass is 1610 g/mol. The van der Waals surface area contributed by atoms with Crippen LogP contribution in [-0.2, 0) is 74.9 Å². The first-order valence-corrected chi connectivity index (χ1v) is 41.0. The van der Waals surface area contributed by atoms with Crippen molar-refractivity contribution < 1.29 is 76.0 Å². The van der Waals surface area contributed by atoms with E-state index in [-0.39, 0.29) is 130 Å². The highest BCUT2D eigenvalue weighted by atomic mass is 19.1. The third-order valence-corrected chi connectivity index (χ3v) is 22.0. The van der Waals surface area contributed by atoms with Gasteiger partial charge in [-0.25, -0.2) is 4.39 Å². The number of rotatable bonds is 48. The molecule has 6 aromatic carbocycles. The Labute approximate surface area is 686 Å². The van der Waals surface area contributed by atoms with E-state index in [0.29, 0.717) is 154 Å². The summed E-state index contributed by atoms with van der Waals surface area (Å²) in [6, 6.07) is 48.5. The van der Waals surface area contributed by atoms with Gasteiger partial charge in [0, 0.05) is 139 Å². The number of para-hydroxylation sites is 2. The average molecular weight is 1610 g/mol. The lowest BCUT2D eigenvalue weighted by molar-refractivity contribution is -0.135. The summed E-state index contributed by atoms with van der Waals surface area (Å²) in [5.74, 6) is -2.08. The Balaban J connectivity index is 0.482. The van der Waals surface area contributed by atoms with Gasteiger partial charge >= 0.3 is 0 Å². The van der Waals surface area contributed by atoms with Gasteiger partial charge in [-0.05, 0) is 155 Å². The average Bonchev–Trinajstić information content (AvgIpc) is 1.61. The van der Waals surface area contributed by atoms with Crippen LogP contribution in [0.25, 0.3) is 0 Å². The Bertz CT molecular complexity index is 3920. The number of carbonyl (C=O) groups excluding carboxylic acids is 10. The summed E-state index contributed by atoms with van der Waals surface area (Å²) in [5, 5.41) is 11.2. The second-order valence-electron chi connectivity index (χ2n) is 30.4. The van der Waals surface area contributed by atoms with Gasteiger partial charge in [-0.2, -0.15) is 0 Å². The highest BCUT2D eigenvalue weighted by Gasteiger charge is 2.55. The molecule has 4 aliphatic heterocycles. The van der Waals surface area contributed by atoms with Gasteiger partial charge in [0.1, 0.15) is 16.9 Å². The van der Waals surface area contributed by atoms with Crippen LogP contribution >= 0.6 is 0 Å². The van der Waals surface area contributed by atoms with E-state index in [9.17, 15) is 52.3 Å². The van der Waals surface area contributed by atoms with Gasteiger partial charge in [-0.15, -0.1) is 0 Å². The normalized spacial score (nSPS) is 15.2. The van der Waals surface area contributed by atoms with E-state index in [4.69, 9.17) is 23.7 Å². The lowest BCUT2D eigenvalue weighted by Crippen LogP contribution is -2.56. The fourth-order valence-corrected chi connectivity index (χ4v) is 15.2. The molecule has 4 saturated heterocycles. The van der Waals surface area contributed by atoms with Crippen LogP contribution in [0.5, 0.6) is 0 Å². The lowest BCUT2D eigenvalue weighted by atomic mass is 9.85. The fourth-order valence-electron chi connectivity index (χ4n) is 15.2. The zero-order valence-corrected chi connectivity index (χ0v) is 68.0. The molecule has 6 aromatic rings. The van der Waals surface area contributed by atoms with Crippen molar-refractivity contribution in [1.82, 2.24) is 40.0 Å². The zero-order chi connectivity index (χ0) is 82.8. The maximum atomic E-state index is 14.4. The number of hydrogen-bond acceptors (Lipinski definition) is 19. The minimum atomic E-state index is -0.674. The molecule has 628 valence electrons. The van der Waals surface area contributed by atoms with Crippen LogP contribution in [0.2, 0.25) is 0 Å². The Morgan fingerprint density at radius 3 is 1.13 bits per heavy atom. The number of aryl methyl sites for hydroxylation is 1. The molecule has 10 rings (SSSR count). The van der Waals surface area contributed by atoms with Crippen LogP contribution in [-0.4, -0.2) is 271 Å². The van der Waals surface area contributed by atoms with Gasteiger partial charge in [-0.1, -0.05) is 90.5 Å². The van der Waals surface area contributed by atoms with Gasteiger partial charge in [0.25, 0.3) is 0 Å². The van der Waals surface area contributed by atoms with Crippen molar-refractivity contribution >= 4 is 81.6 Å². The van der Waals surface area contributed by atoms with Crippen LogP contribution in [0.3, 0.4) is 0 Å². The third kappa shape index (κ3) is 27.4. The molecule has 4 fully saturated rings. The van der Waals surface area contributed by atoms with E-state index in [0.717, 1.165) is 79.3 Å². The first-order chi connectivity index (χ1) is 56.7. The van der Waals surface area contributed by atoms with Crippen molar-refractivity contribution in [1.29, 1.82) is 0 Å². The first kappa shape index (κ1) is 89.0. The van der Waals surface area contributed by atoms with Crippen molar-refractivity contribution in [2.24, 2.45) is 0 Å². The summed E-state index contributed by atoms with van der Waals surface area (Å²) in [4.78, 5) is 147. The number of halogens is 1. The molecule has 117 heavy (non-hydrogen) atoms. The van der Waals surface area contributed by atoms with Crippen LogP contribution in [0.4, 0.5) is 27.1 Å². The number of benzene rings is 6. The van der Waals surface area contributed by atoms with Gasteiger partial charge in [0.2, 0.25) is 47.3 Å². The minimum Gasteiger partial charge on any atom is -0.377 e. The molecule has 0 unspecified atom stereocenters. The van der Waals surface area contributed by atoms with Gasteiger partial charge < -0.3 is 84.2 Å². The number of ketones is 2. The number of nitrogens with zero attached hydrogens (tertiary/aromatic N) is 8. The van der Waals surface area contributed by atoms with Crippen LogP contribution in [0.1, 0.15) is 114 Å². The summed E-state index contributed by atoms with van der Waals surface area (Å²) < 4.78 is 41.1. The molecule has 8 amide bonds. The number of piperidine rings is 2. The Morgan fingerprint density at radius 1 is 0.410 bits per heavy atom. The zero-order valence-electron chi connectivity index (χ0n) is 68.0. The molecule has 0 radical (unpaired) electrons. The SMILES string of the molecule is Cc1ccc(C(=O)CCCN2CCC3(CC2)C(=O)N(CCc2ccc(NC(=O)CCC(=O)N(C)CC(=O)NCCOCCOCCOCCOCCOCCNC(=O)CN(C)C(=O)CCC(=O)Nc4ccc(CCN5CN(c6ccccc6)C6(CCN(CCCC(=O)c7ccc(F)cc7)CC6)C5=O)cc4)cc2)CN3c2ccccc2)cc1. The lowest BCUT2D eigenvalue weighted by Gasteiger charge is -2.43. The molecular weight excluding hydrogens is 1500 g/mol. The van der Waals surface area contributed by atoms with Gasteiger partial charge in [-0.3, -0.25) is 47.9 Å². The van der Waals surface area contributed by atoms with E-state index in [1.165, 1.54) is 48.2 Å². The molecular formula is C89H115FN12O15. The quantitative estimate of drug-likeness (QED) is 0.0207. The van der Waals surface area contributed by atoms with E-state index < -0.39 is 11.1 Å². The number of anilines is 4. The molecule has 28 heteroatoms. The Hall–Kier alpha value is -10.3. The molecule has 0 aromatic heterocycles. The van der Waals surface area contributed by atoms with Crippen LogP contribution < -0.4 is 31.1 Å². The molecule has 4 N–H and O–H groups in total. The standard InChI is InChI=1S/C89H115FN12O15/c1-68-18-24-71(25-19-68)78(103)16-10-46-97-50-40-88(41-51-97)86(111)99(66-101(88)76-12-6-4-7-13-76)48-38-69-20-30-74(31-21-69)93-80(105)34-36-84(109)95(2)64-82(107)91-44-54-113-56-58-115-60-62-117-63-61-116-59-57-114-55-45-92-83(108)65-96(3)85(110)37-35-81(106)94-75-32-22-70(23-33-75)39-49-100-67-102(77-14-8-5-9-15-77)89(87(100)112)42-52-98(53-43-89)47-11-17-79(104)72-26-28-73(90)29-27-72/h4-9,12-15,18-33H,10-11,16-17,34-67H2,1-3H3,(H,91,107)(H,92,108)(H,93,105)(H,94,106). The minimum absolute atomic E-state index is 0.0101. The van der Waals surface area contributed by atoms with Crippen molar-refractivity contribution in [2.45, 2.75) is 108 Å². The second-order valence-corrected chi connectivity index (χ2v) is 30.4. The Kier molecular flexibility index (Phi) is 35.0. The van der Waals surface area contributed by atoms with Crippen molar-refractivity contribution in [2.75, 3.05) is 192 Å². The summed E-state index contributed by atoms with van der Waals surface area (Å²) in [6.07, 6.45) is 5.96. The molecule has 2 spiro atoms. The summed E-state index contributed by atoms with van der Waals surface area (Å²) in [5.41, 5.74) is 6.26. The molecule has 4 aliphatic rings. The second kappa shape index (κ2) is 46.0.